The fourth-order valence-electron chi connectivity index (χ4n) is 0.812. The van der Waals surface area contributed by atoms with Gasteiger partial charge in [0, 0.05) is 5.92 Å². The van der Waals surface area contributed by atoms with Crippen LogP contribution < -0.4 is 5.73 Å². The number of nitrogens with zero attached hydrogens (tertiary/aromatic N) is 1. The minimum atomic E-state index is -0.518. The number of amides is 1. The van der Waals surface area contributed by atoms with Crippen LogP contribution in [0.5, 0.6) is 0 Å². The van der Waals surface area contributed by atoms with Crippen molar-refractivity contribution >= 4 is 22.7 Å². The zero-order valence-corrected chi connectivity index (χ0v) is 6.93. The third-order valence-corrected chi connectivity index (χ3v) is 2.01. The van der Waals surface area contributed by atoms with Crippen LogP contribution in [0.1, 0.15) is 13.3 Å². The Morgan fingerprint density at radius 2 is 2.55 bits per heavy atom. The number of carbonyl (C=O) groups excluding carboxylic acids is 1. The molecule has 0 fully saturated rings. The molecule has 0 saturated carbocycles. The minimum Gasteiger partial charge on any atom is -0.364 e. The maximum absolute atomic E-state index is 10.6. The molecule has 0 aliphatic carbocycles. The number of allylic oxidation sites excluding steroid dienone is 1. The van der Waals surface area contributed by atoms with Crippen molar-refractivity contribution in [3.05, 3.63) is 11.8 Å². The number of aliphatic imine (C=N–C) groups is 1. The predicted molar refractivity (Wildman–Crippen MR) is 44.3 cm³/mol. The molecule has 1 rings (SSSR count). The Morgan fingerprint density at radius 3 is 3.00 bits per heavy atom. The third-order valence-electron chi connectivity index (χ3n) is 1.55. The summed E-state index contributed by atoms with van der Waals surface area (Å²) in [6, 6.07) is 0. The van der Waals surface area contributed by atoms with Crippen LogP contribution in [-0.2, 0) is 4.79 Å². The van der Waals surface area contributed by atoms with Gasteiger partial charge in [0.25, 0.3) is 5.91 Å². The number of nitrogens with two attached hydrogens (primary N) is 1. The first kappa shape index (κ1) is 8.27. The summed E-state index contributed by atoms with van der Waals surface area (Å²) < 4.78 is 0. The van der Waals surface area contributed by atoms with Crippen molar-refractivity contribution < 1.29 is 4.79 Å². The molecule has 1 atom stereocenters. The molecule has 1 aliphatic rings. The van der Waals surface area contributed by atoms with E-state index in [9.17, 15) is 4.79 Å². The van der Waals surface area contributed by atoms with E-state index in [2.05, 4.69) is 4.99 Å². The van der Waals surface area contributed by atoms with Gasteiger partial charge in [0.1, 0.15) is 10.9 Å². The Kier molecular flexibility index (Phi) is 2.29. The molecule has 0 aromatic rings. The van der Waals surface area contributed by atoms with Gasteiger partial charge in [-0.05, 0) is 6.42 Å². The van der Waals surface area contributed by atoms with Crippen molar-refractivity contribution in [3.8, 4) is 0 Å². The van der Waals surface area contributed by atoms with Gasteiger partial charge >= 0.3 is 0 Å². The van der Waals surface area contributed by atoms with Crippen molar-refractivity contribution in [2.75, 3.05) is 0 Å². The van der Waals surface area contributed by atoms with E-state index in [1.165, 1.54) is 0 Å². The Morgan fingerprint density at radius 1 is 1.91 bits per heavy atom. The van der Waals surface area contributed by atoms with Gasteiger partial charge in [0.05, 0.1) is 0 Å². The van der Waals surface area contributed by atoms with E-state index in [1.807, 2.05) is 6.92 Å². The van der Waals surface area contributed by atoms with E-state index >= 15 is 0 Å². The molecule has 0 aromatic heterocycles. The molecule has 1 amide bonds. The summed E-state index contributed by atoms with van der Waals surface area (Å²) in [6.07, 6.45) is 2.44. The van der Waals surface area contributed by atoms with E-state index < -0.39 is 5.91 Å². The van der Waals surface area contributed by atoms with Crippen LogP contribution in [0.2, 0.25) is 0 Å². The normalized spacial score (nSPS) is 24.0. The Labute approximate surface area is 69.9 Å². The number of primary amides is 1. The molecular formula is C7H9ClN2O. The van der Waals surface area contributed by atoms with Crippen LogP contribution >= 0.6 is 11.6 Å². The number of rotatable bonds is 1. The molecule has 4 heteroatoms. The summed E-state index contributed by atoms with van der Waals surface area (Å²) in [5.74, 6) is -0.310. The lowest BCUT2D eigenvalue weighted by Gasteiger charge is -2.11. The summed E-state index contributed by atoms with van der Waals surface area (Å²) in [5, 5.41) is 0.460. The van der Waals surface area contributed by atoms with Crippen LogP contribution in [0.25, 0.3) is 0 Å². The minimum absolute atomic E-state index is 0.208. The Balaban J connectivity index is 2.83. The lowest BCUT2D eigenvalue weighted by atomic mass is 10.1. The van der Waals surface area contributed by atoms with Crippen LogP contribution in [0, 0.1) is 5.92 Å². The van der Waals surface area contributed by atoms with Crippen LogP contribution in [0.4, 0.5) is 0 Å². The topological polar surface area (TPSA) is 55.5 Å². The van der Waals surface area contributed by atoms with Crippen molar-refractivity contribution in [2.45, 2.75) is 13.3 Å². The van der Waals surface area contributed by atoms with Gasteiger partial charge in [-0.1, -0.05) is 24.6 Å². The molecule has 0 aromatic carbocycles. The molecule has 0 bridgehead atoms. The van der Waals surface area contributed by atoms with E-state index in [-0.39, 0.29) is 11.6 Å². The van der Waals surface area contributed by atoms with Crippen LogP contribution in [-0.4, -0.2) is 11.1 Å². The second-order valence-corrected chi connectivity index (χ2v) is 2.91. The van der Waals surface area contributed by atoms with Crippen molar-refractivity contribution in [1.29, 1.82) is 0 Å². The molecule has 0 radical (unpaired) electrons. The Bertz CT molecular complexity index is 245. The van der Waals surface area contributed by atoms with Gasteiger partial charge in [-0.3, -0.25) is 4.79 Å². The summed E-state index contributed by atoms with van der Waals surface area (Å²) in [6.45, 7) is 1.94. The average molecular weight is 173 g/mol. The molecule has 1 aliphatic heterocycles. The summed E-state index contributed by atoms with van der Waals surface area (Å²) in [7, 11) is 0. The second kappa shape index (κ2) is 3.05. The monoisotopic (exact) mass is 172 g/mol. The van der Waals surface area contributed by atoms with Gasteiger partial charge < -0.3 is 5.73 Å². The lowest BCUT2D eigenvalue weighted by molar-refractivity contribution is -0.114. The Hall–Kier alpha value is -0.830. The van der Waals surface area contributed by atoms with Gasteiger partial charge in [-0.2, -0.15) is 0 Å². The van der Waals surface area contributed by atoms with Crippen LogP contribution in [0.3, 0.4) is 0 Å². The molecule has 60 valence electrons. The summed E-state index contributed by atoms with van der Waals surface area (Å²) in [5.41, 5.74) is 5.27. The first-order valence-corrected chi connectivity index (χ1v) is 3.73. The maximum atomic E-state index is 10.6. The van der Waals surface area contributed by atoms with Gasteiger partial charge in [-0.15, -0.1) is 0 Å². The van der Waals surface area contributed by atoms with Crippen molar-refractivity contribution in [3.63, 3.8) is 0 Å². The predicted octanol–water partition coefficient (Wildman–Crippen LogP) is 1.03. The highest BCUT2D eigenvalue weighted by Crippen LogP contribution is 2.18. The van der Waals surface area contributed by atoms with Crippen molar-refractivity contribution in [2.24, 2.45) is 16.6 Å². The quantitative estimate of drug-likeness (QED) is 0.631. The molecular weight excluding hydrogens is 164 g/mol. The van der Waals surface area contributed by atoms with E-state index in [0.29, 0.717) is 5.17 Å². The number of halogens is 1. The van der Waals surface area contributed by atoms with Crippen molar-refractivity contribution in [1.82, 2.24) is 0 Å². The summed E-state index contributed by atoms with van der Waals surface area (Å²) in [4.78, 5) is 14.4. The van der Waals surface area contributed by atoms with E-state index in [1.54, 1.807) is 6.08 Å². The van der Waals surface area contributed by atoms with E-state index in [4.69, 9.17) is 17.3 Å². The van der Waals surface area contributed by atoms with Gasteiger partial charge in [-0.25, -0.2) is 4.99 Å². The maximum Gasteiger partial charge on any atom is 0.267 e. The fourth-order valence-corrected chi connectivity index (χ4v) is 0.992. The molecule has 1 unspecified atom stereocenters. The molecule has 3 nitrogen and oxygen atoms in total. The number of carbonyl (C=O) groups is 1. The summed E-state index contributed by atoms with van der Waals surface area (Å²) >= 11 is 5.71. The highest BCUT2D eigenvalue weighted by molar-refractivity contribution is 6.66. The number of hydrogen-bond acceptors (Lipinski definition) is 2. The smallest absolute Gasteiger partial charge is 0.267 e. The molecule has 1 heterocycles. The SMILES string of the molecule is CC1CC=C(C(N)=O)N=C1Cl. The fraction of sp³-hybridized carbons (Fsp3) is 0.429. The highest BCUT2D eigenvalue weighted by Gasteiger charge is 2.15. The zero-order chi connectivity index (χ0) is 8.43. The lowest BCUT2D eigenvalue weighted by Crippen LogP contribution is -2.18. The molecule has 11 heavy (non-hydrogen) atoms. The molecule has 0 saturated heterocycles. The standard InChI is InChI=1S/C7H9ClN2O/c1-4-2-3-5(7(9)11)10-6(4)8/h3-4H,2H2,1H3,(H2,9,11). The highest BCUT2D eigenvalue weighted by atomic mass is 35.5. The zero-order valence-electron chi connectivity index (χ0n) is 6.17. The first-order valence-electron chi connectivity index (χ1n) is 3.35. The van der Waals surface area contributed by atoms with E-state index in [0.717, 1.165) is 6.42 Å². The first-order chi connectivity index (χ1) is 5.11. The largest absolute Gasteiger partial charge is 0.364 e. The van der Waals surface area contributed by atoms with Gasteiger partial charge in [0.15, 0.2) is 0 Å². The third kappa shape index (κ3) is 1.80. The number of hydrogen-bond donors (Lipinski definition) is 1. The van der Waals surface area contributed by atoms with Gasteiger partial charge in [0.2, 0.25) is 0 Å². The second-order valence-electron chi connectivity index (χ2n) is 2.52. The average Bonchev–Trinajstić information content (AvgIpc) is 1.94. The van der Waals surface area contributed by atoms with Crippen LogP contribution in [0.15, 0.2) is 16.8 Å². The molecule has 2 N–H and O–H groups in total. The molecule has 0 spiro atoms.